The molecule has 78 valence electrons. The molecule has 0 unspecified atom stereocenters. The standard InChI is InChI=1S/C10H21NO2/c1-9(2,3)10(4)12-6-8(11-5)7-13-10/h8,11H,6-7H2,1-5H3. The first-order chi connectivity index (χ1) is 5.89. The lowest BCUT2D eigenvalue weighted by Gasteiger charge is -2.45. The number of rotatable bonds is 1. The summed E-state index contributed by atoms with van der Waals surface area (Å²) in [5.41, 5.74) is 0.0196. The van der Waals surface area contributed by atoms with Crippen molar-refractivity contribution in [3.8, 4) is 0 Å². The van der Waals surface area contributed by atoms with Crippen LogP contribution in [0, 0.1) is 5.41 Å². The Hall–Kier alpha value is -0.120. The van der Waals surface area contributed by atoms with Crippen molar-refractivity contribution in [2.75, 3.05) is 20.3 Å². The van der Waals surface area contributed by atoms with Gasteiger partial charge in [0.2, 0.25) is 0 Å². The summed E-state index contributed by atoms with van der Waals surface area (Å²) < 4.78 is 11.5. The first-order valence-corrected chi connectivity index (χ1v) is 4.84. The minimum atomic E-state index is -0.444. The predicted octanol–water partition coefficient (Wildman–Crippen LogP) is 1.38. The van der Waals surface area contributed by atoms with Crippen LogP contribution in [0.2, 0.25) is 0 Å². The minimum absolute atomic E-state index is 0.0196. The summed E-state index contributed by atoms with van der Waals surface area (Å²) in [5, 5.41) is 3.14. The van der Waals surface area contributed by atoms with Gasteiger partial charge in [-0.3, -0.25) is 0 Å². The molecule has 1 aliphatic heterocycles. The maximum absolute atomic E-state index is 5.75. The van der Waals surface area contributed by atoms with Gasteiger partial charge in [-0.2, -0.15) is 0 Å². The van der Waals surface area contributed by atoms with Gasteiger partial charge in [0.1, 0.15) is 0 Å². The molecule has 13 heavy (non-hydrogen) atoms. The molecule has 0 aliphatic carbocycles. The minimum Gasteiger partial charge on any atom is -0.348 e. The van der Waals surface area contributed by atoms with Gasteiger partial charge in [-0.05, 0) is 14.0 Å². The van der Waals surface area contributed by atoms with E-state index in [1.807, 2.05) is 14.0 Å². The Kier molecular flexibility index (Phi) is 3.00. The topological polar surface area (TPSA) is 30.5 Å². The summed E-state index contributed by atoms with van der Waals surface area (Å²) in [5.74, 6) is -0.444. The summed E-state index contributed by atoms with van der Waals surface area (Å²) in [6.07, 6.45) is 0. The smallest absolute Gasteiger partial charge is 0.170 e. The third kappa shape index (κ3) is 2.22. The van der Waals surface area contributed by atoms with E-state index < -0.39 is 5.79 Å². The van der Waals surface area contributed by atoms with E-state index >= 15 is 0 Å². The highest BCUT2D eigenvalue weighted by atomic mass is 16.7. The van der Waals surface area contributed by atoms with Crippen molar-refractivity contribution in [2.45, 2.75) is 39.5 Å². The van der Waals surface area contributed by atoms with Crippen LogP contribution in [0.25, 0.3) is 0 Å². The van der Waals surface area contributed by atoms with Gasteiger partial charge < -0.3 is 14.8 Å². The monoisotopic (exact) mass is 187 g/mol. The first-order valence-electron chi connectivity index (χ1n) is 4.84. The van der Waals surface area contributed by atoms with E-state index in [9.17, 15) is 0 Å². The zero-order chi connectivity index (χ0) is 10.1. The van der Waals surface area contributed by atoms with E-state index in [1.165, 1.54) is 0 Å². The highest BCUT2D eigenvalue weighted by Gasteiger charge is 2.43. The second-order valence-corrected chi connectivity index (χ2v) is 4.80. The Balaban J connectivity index is 2.57. The molecule has 3 heteroatoms. The average molecular weight is 187 g/mol. The number of nitrogens with one attached hydrogen (secondary N) is 1. The van der Waals surface area contributed by atoms with Gasteiger partial charge in [-0.1, -0.05) is 20.8 Å². The van der Waals surface area contributed by atoms with Crippen molar-refractivity contribution in [1.29, 1.82) is 0 Å². The molecule has 0 aromatic carbocycles. The molecule has 0 aromatic heterocycles. The Morgan fingerprint density at radius 3 is 2.00 bits per heavy atom. The molecule has 0 saturated carbocycles. The van der Waals surface area contributed by atoms with E-state index in [1.54, 1.807) is 0 Å². The van der Waals surface area contributed by atoms with E-state index in [-0.39, 0.29) is 5.41 Å². The van der Waals surface area contributed by atoms with Crippen molar-refractivity contribution in [2.24, 2.45) is 5.41 Å². The third-order valence-electron chi connectivity index (χ3n) is 2.89. The van der Waals surface area contributed by atoms with Gasteiger partial charge >= 0.3 is 0 Å². The van der Waals surface area contributed by atoms with E-state index in [4.69, 9.17) is 9.47 Å². The molecule has 0 spiro atoms. The second kappa shape index (κ2) is 3.56. The third-order valence-corrected chi connectivity index (χ3v) is 2.89. The first kappa shape index (κ1) is 11.0. The lowest BCUT2D eigenvalue weighted by molar-refractivity contribution is -0.309. The molecule has 1 fully saturated rings. The van der Waals surface area contributed by atoms with Crippen molar-refractivity contribution in [3.05, 3.63) is 0 Å². The van der Waals surface area contributed by atoms with Crippen molar-refractivity contribution < 1.29 is 9.47 Å². The molecule has 1 aliphatic rings. The Bertz CT molecular complexity index is 166. The van der Waals surface area contributed by atoms with Crippen LogP contribution in [-0.4, -0.2) is 32.1 Å². The second-order valence-electron chi connectivity index (χ2n) is 4.80. The van der Waals surface area contributed by atoms with Gasteiger partial charge in [0, 0.05) is 5.41 Å². The lowest BCUT2D eigenvalue weighted by atomic mass is 9.86. The quantitative estimate of drug-likeness (QED) is 0.673. The van der Waals surface area contributed by atoms with Crippen LogP contribution in [0.5, 0.6) is 0 Å². The van der Waals surface area contributed by atoms with Crippen LogP contribution in [0.15, 0.2) is 0 Å². The van der Waals surface area contributed by atoms with Crippen LogP contribution in [0.1, 0.15) is 27.7 Å². The van der Waals surface area contributed by atoms with Gasteiger partial charge in [0.05, 0.1) is 19.3 Å². The highest BCUT2D eigenvalue weighted by Crippen LogP contribution is 2.36. The molecular formula is C10H21NO2. The molecule has 1 heterocycles. The number of likely N-dealkylation sites (N-methyl/N-ethyl adjacent to an activating group) is 1. The van der Waals surface area contributed by atoms with Crippen molar-refractivity contribution >= 4 is 0 Å². The fourth-order valence-electron chi connectivity index (χ4n) is 1.21. The number of ether oxygens (including phenoxy) is 2. The highest BCUT2D eigenvalue weighted by molar-refractivity contribution is 4.84. The van der Waals surface area contributed by atoms with Crippen LogP contribution in [0.3, 0.4) is 0 Å². The SMILES string of the molecule is CNC1COC(C)(C(C)(C)C)OC1. The van der Waals surface area contributed by atoms with Gasteiger partial charge in [-0.25, -0.2) is 0 Å². The Morgan fingerprint density at radius 2 is 1.69 bits per heavy atom. The summed E-state index contributed by atoms with van der Waals surface area (Å²) >= 11 is 0. The molecule has 0 amide bonds. The van der Waals surface area contributed by atoms with Crippen molar-refractivity contribution in [1.82, 2.24) is 5.32 Å². The summed E-state index contributed by atoms with van der Waals surface area (Å²) in [7, 11) is 1.93. The van der Waals surface area contributed by atoms with Crippen LogP contribution in [0.4, 0.5) is 0 Å². The zero-order valence-corrected chi connectivity index (χ0v) is 9.31. The molecule has 0 bridgehead atoms. The van der Waals surface area contributed by atoms with E-state index in [2.05, 4.69) is 26.1 Å². The van der Waals surface area contributed by atoms with Crippen LogP contribution in [-0.2, 0) is 9.47 Å². The lowest BCUT2D eigenvalue weighted by Crippen LogP contribution is -2.54. The van der Waals surface area contributed by atoms with Crippen LogP contribution >= 0.6 is 0 Å². The summed E-state index contributed by atoms with van der Waals surface area (Å²) in [6, 6.07) is 0.329. The Labute approximate surface area is 80.8 Å². The largest absolute Gasteiger partial charge is 0.348 e. The zero-order valence-electron chi connectivity index (χ0n) is 9.31. The molecule has 1 saturated heterocycles. The van der Waals surface area contributed by atoms with E-state index in [0.29, 0.717) is 6.04 Å². The number of hydrogen-bond donors (Lipinski definition) is 1. The molecule has 0 atom stereocenters. The maximum atomic E-state index is 5.75. The molecule has 3 nitrogen and oxygen atoms in total. The van der Waals surface area contributed by atoms with Gasteiger partial charge in [0.15, 0.2) is 5.79 Å². The molecule has 1 N–H and O–H groups in total. The fourth-order valence-corrected chi connectivity index (χ4v) is 1.21. The van der Waals surface area contributed by atoms with Crippen molar-refractivity contribution in [3.63, 3.8) is 0 Å². The predicted molar refractivity (Wildman–Crippen MR) is 52.6 cm³/mol. The summed E-state index contributed by atoms with van der Waals surface area (Å²) in [6.45, 7) is 9.86. The Morgan fingerprint density at radius 1 is 1.23 bits per heavy atom. The van der Waals surface area contributed by atoms with Gasteiger partial charge in [0.25, 0.3) is 0 Å². The molecule has 0 aromatic rings. The normalized spacial score (nSPS) is 36.2. The fraction of sp³-hybridized carbons (Fsp3) is 1.00. The average Bonchev–Trinajstić information content (AvgIpc) is 2.04. The summed E-state index contributed by atoms with van der Waals surface area (Å²) in [4.78, 5) is 0. The molecular weight excluding hydrogens is 166 g/mol. The van der Waals surface area contributed by atoms with Gasteiger partial charge in [-0.15, -0.1) is 0 Å². The van der Waals surface area contributed by atoms with E-state index in [0.717, 1.165) is 13.2 Å². The molecule has 1 rings (SSSR count). The maximum Gasteiger partial charge on any atom is 0.170 e. The van der Waals surface area contributed by atoms with Crippen LogP contribution < -0.4 is 5.32 Å². The molecule has 0 radical (unpaired) electrons. The number of hydrogen-bond acceptors (Lipinski definition) is 3.